The molecule has 1 heterocycles. The van der Waals surface area contributed by atoms with Crippen LogP contribution in [0.2, 0.25) is 0 Å². The van der Waals surface area contributed by atoms with Crippen molar-refractivity contribution < 1.29 is 47.7 Å². The molecule has 0 saturated carbocycles. The van der Waals surface area contributed by atoms with E-state index in [-0.39, 0.29) is 0 Å². The molecule has 24 heavy (non-hydrogen) atoms. The molecule has 0 saturated heterocycles. The molecule has 6 nitrogen and oxygen atoms in total. The Hall–Kier alpha value is -1.41. The van der Waals surface area contributed by atoms with E-state index in [2.05, 4.69) is 36.0 Å². The summed E-state index contributed by atoms with van der Waals surface area (Å²) in [5.41, 5.74) is -12.4. The second kappa shape index (κ2) is 8.11. The minimum atomic E-state index is -6.72. The van der Waals surface area contributed by atoms with Gasteiger partial charge in [-0.2, -0.15) is 26.3 Å². The van der Waals surface area contributed by atoms with Crippen LogP contribution in [0.15, 0.2) is 30.6 Å². The summed E-state index contributed by atoms with van der Waals surface area (Å²) in [6.07, 6.45) is 5.38. The topological polar surface area (TPSA) is 86.3 Å². The Labute approximate surface area is 134 Å². The number of alkyl halides is 6. The fourth-order valence-electron chi connectivity index (χ4n) is 1.06. The van der Waals surface area contributed by atoms with Crippen molar-refractivity contribution in [1.29, 1.82) is 0 Å². The number of pyridine rings is 1. The zero-order valence-electron chi connectivity index (χ0n) is 11.9. The quantitative estimate of drug-likeness (QED) is 0.572. The van der Waals surface area contributed by atoms with Gasteiger partial charge in [-0.25, -0.2) is 21.4 Å². The van der Waals surface area contributed by atoms with E-state index in [0.29, 0.717) is 0 Å². The van der Waals surface area contributed by atoms with Gasteiger partial charge in [0, 0.05) is 18.6 Å². The lowest BCUT2D eigenvalue weighted by Gasteiger charge is -2.22. The van der Waals surface area contributed by atoms with Crippen molar-refractivity contribution >= 4 is 20.0 Å². The lowest BCUT2D eigenvalue weighted by molar-refractivity contribution is -0.697. The Morgan fingerprint density at radius 2 is 1.21 bits per heavy atom. The first-order valence-electron chi connectivity index (χ1n) is 5.95. The second-order valence-electron chi connectivity index (χ2n) is 4.03. The summed E-state index contributed by atoms with van der Waals surface area (Å²) in [7, 11) is -13.4. The molecule has 0 fully saturated rings. The van der Waals surface area contributed by atoms with Gasteiger partial charge in [-0.3, -0.25) is 0 Å². The van der Waals surface area contributed by atoms with Crippen LogP contribution in [-0.2, 0) is 26.6 Å². The highest BCUT2D eigenvalue weighted by atomic mass is 32.3. The molecule has 0 aliphatic rings. The van der Waals surface area contributed by atoms with Crippen LogP contribution in [-0.4, -0.2) is 27.9 Å². The highest BCUT2D eigenvalue weighted by Gasteiger charge is 2.46. The zero-order valence-corrected chi connectivity index (χ0v) is 13.5. The Bertz CT molecular complexity index is 672. The first-order chi connectivity index (χ1) is 10.6. The summed E-state index contributed by atoms with van der Waals surface area (Å²) in [5, 5.41) is 0. The van der Waals surface area contributed by atoms with Gasteiger partial charge in [-0.15, -0.1) is 0 Å². The number of sulfonamides is 2. The Morgan fingerprint density at radius 1 is 0.833 bits per heavy atom. The van der Waals surface area contributed by atoms with Gasteiger partial charge in [0.1, 0.15) is 6.54 Å². The van der Waals surface area contributed by atoms with Gasteiger partial charge in [0.05, 0.1) is 0 Å². The molecule has 0 unspecified atom stereocenters. The molecular formula is C10H12F6N2O4S2. The zero-order chi connectivity index (χ0) is 19.2. The van der Waals surface area contributed by atoms with Gasteiger partial charge in [0.2, 0.25) is 0 Å². The summed E-state index contributed by atoms with van der Waals surface area (Å²) in [4.78, 5) is 0. The lowest BCUT2D eigenvalue weighted by atomic mass is 10.4. The van der Waals surface area contributed by atoms with Crippen molar-refractivity contribution in [2.75, 3.05) is 0 Å². The maximum absolute atomic E-state index is 11.4. The van der Waals surface area contributed by atoms with Gasteiger partial charge in [-0.05, 0) is 0 Å². The lowest BCUT2D eigenvalue weighted by Crippen LogP contribution is -2.31. The minimum absolute atomic E-state index is 0.778. The first-order valence-corrected chi connectivity index (χ1v) is 8.83. The van der Waals surface area contributed by atoms with Crippen LogP contribution >= 0.6 is 0 Å². The van der Waals surface area contributed by atoms with E-state index in [1.807, 2.05) is 6.07 Å². The van der Waals surface area contributed by atoms with E-state index in [9.17, 15) is 43.2 Å². The van der Waals surface area contributed by atoms with Gasteiger partial charge in [-0.1, -0.05) is 13.0 Å². The Morgan fingerprint density at radius 3 is 1.50 bits per heavy atom. The smallest absolute Gasteiger partial charge is 0.421 e. The van der Waals surface area contributed by atoms with Crippen molar-refractivity contribution in [1.82, 2.24) is 0 Å². The third-order valence-corrected chi connectivity index (χ3v) is 4.78. The second-order valence-corrected chi connectivity index (χ2v) is 7.45. The van der Waals surface area contributed by atoms with Crippen molar-refractivity contribution in [3.63, 3.8) is 0 Å². The van der Waals surface area contributed by atoms with E-state index in [1.165, 1.54) is 6.42 Å². The predicted molar refractivity (Wildman–Crippen MR) is 70.2 cm³/mol. The molecule has 0 aliphatic carbocycles. The van der Waals surface area contributed by atoms with Crippen LogP contribution in [0.3, 0.4) is 0 Å². The summed E-state index contributed by atoms with van der Waals surface area (Å²) in [6, 6.07) is 6.14. The van der Waals surface area contributed by atoms with Crippen LogP contribution in [0.4, 0.5) is 26.3 Å². The summed E-state index contributed by atoms with van der Waals surface area (Å²) in [6.45, 7) is 3.31. The molecular weight excluding hydrogens is 390 g/mol. The minimum Gasteiger partial charge on any atom is -0.421 e. The van der Waals surface area contributed by atoms with E-state index >= 15 is 0 Å². The fraction of sp³-hybridized carbons (Fsp3) is 0.500. The van der Waals surface area contributed by atoms with Crippen molar-refractivity contribution in [3.8, 4) is 0 Å². The van der Waals surface area contributed by atoms with Crippen LogP contribution in [0.5, 0.6) is 0 Å². The molecule has 14 heteroatoms. The van der Waals surface area contributed by atoms with Crippen LogP contribution < -0.4 is 4.57 Å². The van der Waals surface area contributed by atoms with Crippen LogP contribution in [0.1, 0.15) is 13.3 Å². The number of hydrogen-bond acceptors (Lipinski definition) is 4. The standard InChI is InChI=1S/C8H12N.C2F6NO4S2/c1-2-6-9-7-4-3-5-8-9;3-1(4,5)14(10,11)9-15(12,13)2(6,7)8/h3-5,7-8H,2,6H2,1H3;/q+1;-1. The fourth-order valence-corrected chi connectivity index (χ4v) is 2.76. The number of aryl methyl sites for hydroxylation is 1. The predicted octanol–water partition coefficient (Wildman–Crippen LogP) is 2.44. The van der Waals surface area contributed by atoms with Gasteiger partial charge in [0.25, 0.3) is 0 Å². The number of halogens is 6. The number of nitrogens with zero attached hydrogens (tertiary/aromatic N) is 2. The molecule has 0 amide bonds. The molecule has 1 aromatic rings. The first kappa shape index (κ1) is 22.6. The summed E-state index contributed by atoms with van der Waals surface area (Å²) >= 11 is 0. The number of hydrogen-bond donors (Lipinski definition) is 0. The molecule has 140 valence electrons. The maximum atomic E-state index is 11.4. The molecule has 1 aromatic heterocycles. The van der Waals surface area contributed by atoms with E-state index < -0.39 is 31.1 Å². The van der Waals surface area contributed by atoms with Gasteiger partial charge < -0.3 is 4.13 Å². The number of aromatic nitrogens is 1. The maximum Gasteiger partial charge on any atom is 0.480 e. The number of rotatable bonds is 4. The SMILES string of the molecule is CCC[n+]1ccccc1.O=S(=O)([N-]S(=O)(=O)C(F)(F)F)C(F)(F)F. The summed E-state index contributed by atoms with van der Waals surface area (Å²) < 4.78 is 111. The molecule has 0 N–H and O–H groups in total. The Kier molecular flexibility index (Phi) is 7.64. The van der Waals surface area contributed by atoms with Crippen LogP contribution in [0.25, 0.3) is 4.13 Å². The van der Waals surface area contributed by atoms with E-state index in [0.717, 1.165) is 10.7 Å². The normalized spacial score (nSPS) is 13.1. The van der Waals surface area contributed by atoms with Crippen LogP contribution in [0, 0.1) is 0 Å². The van der Waals surface area contributed by atoms with E-state index in [4.69, 9.17) is 0 Å². The molecule has 0 aromatic carbocycles. The monoisotopic (exact) mass is 402 g/mol. The average molecular weight is 402 g/mol. The van der Waals surface area contributed by atoms with Gasteiger partial charge >= 0.3 is 11.0 Å². The molecule has 0 aliphatic heterocycles. The highest BCUT2D eigenvalue weighted by Crippen LogP contribution is 2.36. The van der Waals surface area contributed by atoms with Crippen molar-refractivity contribution in [2.24, 2.45) is 0 Å². The van der Waals surface area contributed by atoms with Crippen molar-refractivity contribution in [2.45, 2.75) is 30.9 Å². The molecule has 0 spiro atoms. The average Bonchev–Trinajstić information content (AvgIpc) is 2.37. The van der Waals surface area contributed by atoms with Crippen molar-refractivity contribution in [3.05, 3.63) is 34.7 Å². The molecule has 0 atom stereocenters. The summed E-state index contributed by atoms with van der Waals surface area (Å²) in [5.74, 6) is 0. The Balaban J connectivity index is 0.000000496. The highest BCUT2D eigenvalue weighted by molar-refractivity contribution is 8.13. The third kappa shape index (κ3) is 7.00. The largest absolute Gasteiger partial charge is 0.480 e. The molecule has 0 bridgehead atoms. The third-order valence-electron chi connectivity index (χ3n) is 2.04. The molecule has 0 radical (unpaired) electrons. The van der Waals surface area contributed by atoms with E-state index in [1.54, 1.807) is 0 Å². The van der Waals surface area contributed by atoms with Gasteiger partial charge in [0.15, 0.2) is 32.4 Å². The molecule has 1 rings (SSSR count).